The Morgan fingerprint density at radius 2 is 1.95 bits per heavy atom. The van der Waals surface area contributed by atoms with Gasteiger partial charge in [0, 0.05) is 16.3 Å². The van der Waals surface area contributed by atoms with Crippen molar-refractivity contribution in [1.29, 1.82) is 0 Å². The van der Waals surface area contributed by atoms with Crippen molar-refractivity contribution in [2.24, 2.45) is 0 Å². The van der Waals surface area contributed by atoms with Gasteiger partial charge >= 0.3 is 0 Å². The van der Waals surface area contributed by atoms with Crippen molar-refractivity contribution < 1.29 is 9.00 Å². The normalized spacial score (nSPS) is 11.9. The number of amides is 1. The summed E-state index contributed by atoms with van der Waals surface area (Å²) in [6.07, 6.45) is 0. The minimum Gasteiger partial charge on any atom is -0.399 e. The number of benzene rings is 2. The summed E-state index contributed by atoms with van der Waals surface area (Å²) in [5, 5.41) is 2.71. The zero-order valence-corrected chi connectivity index (χ0v) is 12.9. The van der Waals surface area contributed by atoms with E-state index in [1.807, 2.05) is 32.0 Å². The van der Waals surface area contributed by atoms with Crippen molar-refractivity contribution in [3.05, 3.63) is 53.6 Å². The van der Waals surface area contributed by atoms with Crippen molar-refractivity contribution in [2.75, 3.05) is 16.8 Å². The number of hydrogen-bond acceptors (Lipinski definition) is 3. The molecule has 1 unspecified atom stereocenters. The number of hydrogen-bond donors (Lipinski definition) is 2. The van der Waals surface area contributed by atoms with Crippen molar-refractivity contribution in [3.8, 4) is 0 Å². The monoisotopic (exact) mass is 302 g/mol. The summed E-state index contributed by atoms with van der Waals surface area (Å²) in [7, 11) is -1.36. The lowest BCUT2D eigenvalue weighted by atomic mass is 10.2. The van der Waals surface area contributed by atoms with Crippen LogP contribution in [0.15, 0.2) is 47.4 Å². The lowest BCUT2D eigenvalue weighted by Crippen LogP contribution is -2.20. The highest BCUT2D eigenvalue weighted by atomic mass is 32.2. The molecule has 0 radical (unpaired) electrons. The predicted octanol–water partition coefficient (Wildman–Crippen LogP) is 2.63. The Balaban J connectivity index is 2.05. The van der Waals surface area contributed by atoms with Crippen molar-refractivity contribution in [2.45, 2.75) is 18.7 Å². The average molecular weight is 302 g/mol. The second kappa shape index (κ2) is 6.54. The maximum Gasteiger partial charge on any atom is 0.237 e. The van der Waals surface area contributed by atoms with Gasteiger partial charge in [0.15, 0.2) is 0 Å². The molecular weight excluding hydrogens is 284 g/mol. The molecule has 2 rings (SSSR count). The van der Waals surface area contributed by atoms with E-state index in [0.29, 0.717) is 16.3 Å². The standard InChI is InChI=1S/C16H18N2O2S/c1-11-6-7-12(2)15(8-11)21(20)10-16(19)18-14-5-3-4-13(17)9-14/h3-9H,10,17H2,1-2H3,(H,18,19). The molecule has 3 N–H and O–H groups in total. The van der Waals surface area contributed by atoms with Crippen LogP contribution in [0.1, 0.15) is 11.1 Å². The number of aryl methyl sites for hydroxylation is 2. The first kappa shape index (κ1) is 15.3. The van der Waals surface area contributed by atoms with Crippen LogP contribution in [-0.4, -0.2) is 15.9 Å². The molecule has 1 amide bonds. The first-order valence-corrected chi connectivity index (χ1v) is 7.88. The van der Waals surface area contributed by atoms with E-state index >= 15 is 0 Å². The Morgan fingerprint density at radius 1 is 1.19 bits per heavy atom. The zero-order chi connectivity index (χ0) is 15.4. The van der Waals surface area contributed by atoms with E-state index in [1.165, 1.54) is 0 Å². The molecule has 0 heterocycles. The molecule has 5 heteroatoms. The van der Waals surface area contributed by atoms with Crippen LogP contribution in [-0.2, 0) is 15.6 Å². The third-order valence-electron chi connectivity index (χ3n) is 3.02. The van der Waals surface area contributed by atoms with E-state index in [-0.39, 0.29) is 11.7 Å². The lowest BCUT2D eigenvalue weighted by molar-refractivity contribution is -0.113. The number of carbonyl (C=O) groups excluding carboxylic acids is 1. The van der Waals surface area contributed by atoms with Crippen molar-refractivity contribution >= 4 is 28.1 Å². The molecule has 4 nitrogen and oxygen atoms in total. The van der Waals surface area contributed by atoms with Gasteiger partial charge in [-0.15, -0.1) is 0 Å². The largest absolute Gasteiger partial charge is 0.399 e. The number of nitrogens with one attached hydrogen (secondary N) is 1. The SMILES string of the molecule is Cc1ccc(C)c(S(=O)CC(=O)Nc2cccc(N)c2)c1. The second-order valence-corrected chi connectivity index (χ2v) is 6.35. The predicted molar refractivity (Wildman–Crippen MR) is 86.7 cm³/mol. The molecule has 0 saturated heterocycles. The quantitative estimate of drug-likeness (QED) is 0.853. The third-order valence-corrected chi connectivity index (χ3v) is 4.48. The van der Waals surface area contributed by atoms with Gasteiger partial charge in [-0.3, -0.25) is 9.00 Å². The van der Waals surface area contributed by atoms with Gasteiger partial charge in [-0.25, -0.2) is 0 Å². The third kappa shape index (κ3) is 4.16. The Bertz CT molecular complexity index is 698. The summed E-state index contributed by atoms with van der Waals surface area (Å²) in [5.74, 6) is -0.362. The molecule has 0 bridgehead atoms. The summed E-state index contributed by atoms with van der Waals surface area (Å²) in [4.78, 5) is 12.7. The molecule has 110 valence electrons. The van der Waals surface area contributed by atoms with Gasteiger partial charge in [0.05, 0.1) is 10.8 Å². The summed E-state index contributed by atoms with van der Waals surface area (Å²) in [6, 6.07) is 12.6. The fraction of sp³-hybridized carbons (Fsp3) is 0.188. The Kier molecular flexibility index (Phi) is 4.75. The number of nitrogens with two attached hydrogens (primary N) is 1. The number of carbonyl (C=O) groups is 1. The molecular formula is C16H18N2O2S. The van der Waals surface area contributed by atoms with Crippen LogP contribution in [0.5, 0.6) is 0 Å². The van der Waals surface area contributed by atoms with Crippen LogP contribution in [0.2, 0.25) is 0 Å². The van der Waals surface area contributed by atoms with Crippen LogP contribution < -0.4 is 11.1 Å². The van der Waals surface area contributed by atoms with E-state index < -0.39 is 10.8 Å². The Morgan fingerprint density at radius 3 is 2.67 bits per heavy atom. The highest BCUT2D eigenvalue weighted by Gasteiger charge is 2.13. The maximum atomic E-state index is 12.3. The second-order valence-electron chi connectivity index (χ2n) is 4.93. The van der Waals surface area contributed by atoms with E-state index in [4.69, 9.17) is 5.73 Å². The van der Waals surface area contributed by atoms with Crippen LogP contribution >= 0.6 is 0 Å². The zero-order valence-electron chi connectivity index (χ0n) is 12.1. The van der Waals surface area contributed by atoms with Crippen LogP contribution in [0.3, 0.4) is 0 Å². The van der Waals surface area contributed by atoms with E-state index in [2.05, 4.69) is 5.32 Å². The molecule has 0 saturated carbocycles. The lowest BCUT2D eigenvalue weighted by Gasteiger charge is -2.08. The highest BCUT2D eigenvalue weighted by Crippen LogP contribution is 2.16. The molecule has 0 spiro atoms. The van der Waals surface area contributed by atoms with E-state index in [0.717, 1.165) is 11.1 Å². The smallest absolute Gasteiger partial charge is 0.237 e. The summed E-state index contributed by atoms with van der Waals surface area (Å²) >= 11 is 0. The van der Waals surface area contributed by atoms with Crippen molar-refractivity contribution in [3.63, 3.8) is 0 Å². The summed E-state index contributed by atoms with van der Waals surface area (Å²) in [6.45, 7) is 3.83. The van der Waals surface area contributed by atoms with Gasteiger partial charge in [-0.05, 0) is 49.2 Å². The minimum absolute atomic E-state index is 0.0703. The molecule has 0 aliphatic carbocycles. The molecule has 0 fully saturated rings. The Labute approximate surface area is 126 Å². The van der Waals surface area contributed by atoms with Gasteiger partial charge in [-0.1, -0.05) is 18.2 Å². The van der Waals surface area contributed by atoms with Crippen LogP contribution in [0.25, 0.3) is 0 Å². The topological polar surface area (TPSA) is 72.2 Å². The number of rotatable bonds is 4. The highest BCUT2D eigenvalue weighted by molar-refractivity contribution is 7.85. The van der Waals surface area contributed by atoms with Gasteiger partial charge in [0.1, 0.15) is 5.75 Å². The first-order chi connectivity index (χ1) is 9.95. The Hall–Kier alpha value is -2.14. The van der Waals surface area contributed by atoms with Crippen molar-refractivity contribution in [1.82, 2.24) is 0 Å². The molecule has 0 aliphatic heterocycles. The molecule has 0 aliphatic rings. The maximum absolute atomic E-state index is 12.3. The summed E-state index contributed by atoms with van der Waals surface area (Å²) in [5.41, 5.74) is 8.79. The van der Waals surface area contributed by atoms with Gasteiger partial charge in [0.25, 0.3) is 0 Å². The van der Waals surface area contributed by atoms with E-state index in [9.17, 15) is 9.00 Å². The van der Waals surface area contributed by atoms with Crippen LogP contribution in [0.4, 0.5) is 11.4 Å². The molecule has 1 atom stereocenters. The molecule has 2 aromatic rings. The first-order valence-electron chi connectivity index (χ1n) is 6.57. The molecule has 21 heavy (non-hydrogen) atoms. The average Bonchev–Trinajstić information content (AvgIpc) is 2.41. The van der Waals surface area contributed by atoms with E-state index in [1.54, 1.807) is 24.3 Å². The van der Waals surface area contributed by atoms with Gasteiger partial charge < -0.3 is 11.1 Å². The van der Waals surface area contributed by atoms with Crippen LogP contribution in [0, 0.1) is 13.8 Å². The fourth-order valence-electron chi connectivity index (χ4n) is 1.96. The summed E-state index contributed by atoms with van der Waals surface area (Å²) < 4.78 is 12.3. The molecule has 2 aromatic carbocycles. The van der Waals surface area contributed by atoms with Gasteiger partial charge in [-0.2, -0.15) is 0 Å². The minimum atomic E-state index is -1.36. The molecule has 0 aromatic heterocycles. The van der Waals surface area contributed by atoms with Gasteiger partial charge in [0.2, 0.25) is 5.91 Å². The fourth-order valence-corrected chi connectivity index (χ4v) is 3.17. The number of anilines is 2. The number of nitrogen functional groups attached to an aromatic ring is 1.